The van der Waals surface area contributed by atoms with Crippen molar-refractivity contribution in [1.82, 2.24) is 4.72 Å². The molecule has 1 aliphatic carbocycles. The third kappa shape index (κ3) is 4.09. The molecule has 1 rings (SSSR count). The number of rotatable bonds is 5. The first-order chi connectivity index (χ1) is 7.44. The molecule has 0 heterocycles. The van der Waals surface area contributed by atoms with Crippen LogP contribution in [-0.2, 0) is 14.8 Å². The summed E-state index contributed by atoms with van der Waals surface area (Å²) in [7, 11) is -3.22. The van der Waals surface area contributed by atoms with Crippen LogP contribution < -0.4 is 4.72 Å². The van der Waals surface area contributed by atoms with E-state index in [4.69, 9.17) is 5.11 Å². The SMILES string of the molecule is CCCS(=O)(=O)NC1CCCC(C(=O)O)C1. The fourth-order valence-corrected chi connectivity index (χ4v) is 3.48. The lowest BCUT2D eigenvalue weighted by Crippen LogP contribution is -2.40. The first-order valence-electron chi connectivity index (χ1n) is 5.67. The summed E-state index contributed by atoms with van der Waals surface area (Å²) in [6.07, 6.45) is 3.16. The van der Waals surface area contributed by atoms with Crippen LogP contribution in [0, 0.1) is 5.92 Å². The third-order valence-electron chi connectivity index (χ3n) is 2.84. The van der Waals surface area contributed by atoms with Gasteiger partial charge in [-0.25, -0.2) is 13.1 Å². The zero-order valence-electron chi connectivity index (χ0n) is 9.48. The molecule has 5 nitrogen and oxygen atoms in total. The summed E-state index contributed by atoms with van der Waals surface area (Å²) >= 11 is 0. The second-order valence-electron chi connectivity index (χ2n) is 4.34. The molecule has 1 fully saturated rings. The lowest BCUT2D eigenvalue weighted by atomic mass is 9.86. The Bertz CT molecular complexity index is 339. The standard InChI is InChI=1S/C10H19NO4S/c1-2-6-16(14,15)11-9-5-3-4-8(7-9)10(12)13/h8-9,11H,2-7H2,1H3,(H,12,13). The fourth-order valence-electron chi connectivity index (χ4n) is 2.10. The van der Waals surface area contributed by atoms with Crippen LogP contribution in [-0.4, -0.2) is 31.3 Å². The van der Waals surface area contributed by atoms with Crippen LogP contribution in [0.25, 0.3) is 0 Å². The Balaban J connectivity index is 2.52. The van der Waals surface area contributed by atoms with E-state index in [0.717, 1.165) is 12.8 Å². The molecule has 2 atom stereocenters. The minimum absolute atomic E-state index is 0.112. The second-order valence-corrected chi connectivity index (χ2v) is 6.21. The minimum Gasteiger partial charge on any atom is -0.481 e. The van der Waals surface area contributed by atoms with Crippen molar-refractivity contribution in [3.63, 3.8) is 0 Å². The molecule has 0 saturated heterocycles. The van der Waals surface area contributed by atoms with Gasteiger partial charge < -0.3 is 5.11 Å². The highest BCUT2D eigenvalue weighted by molar-refractivity contribution is 7.89. The number of carbonyl (C=O) groups is 1. The zero-order valence-corrected chi connectivity index (χ0v) is 10.3. The lowest BCUT2D eigenvalue weighted by molar-refractivity contribution is -0.143. The molecule has 6 heteroatoms. The maximum Gasteiger partial charge on any atom is 0.306 e. The topological polar surface area (TPSA) is 83.5 Å². The molecular formula is C10H19NO4S. The van der Waals surface area contributed by atoms with Crippen LogP contribution in [0.15, 0.2) is 0 Å². The highest BCUT2D eigenvalue weighted by atomic mass is 32.2. The summed E-state index contributed by atoms with van der Waals surface area (Å²) in [5, 5.41) is 8.88. The maximum absolute atomic E-state index is 11.5. The molecule has 0 aliphatic heterocycles. The monoisotopic (exact) mass is 249 g/mol. The number of carboxylic acids is 1. The molecule has 0 spiro atoms. The van der Waals surface area contributed by atoms with Gasteiger partial charge in [-0.05, 0) is 25.7 Å². The zero-order chi connectivity index (χ0) is 12.2. The van der Waals surface area contributed by atoms with Crippen LogP contribution >= 0.6 is 0 Å². The molecule has 1 saturated carbocycles. The van der Waals surface area contributed by atoms with Crippen LogP contribution in [0.5, 0.6) is 0 Å². The van der Waals surface area contributed by atoms with Crippen molar-refractivity contribution in [1.29, 1.82) is 0 Å². The summed E-state index contributed by atoms with van der Waals surface area (Å²) in [6, 6.07) is -0.202. The molecular weight excluding hydrogens is 230 g/mol. The molecule has 94 valence electrons. The third-order valence-corrected chi connectivity index (χ3v) is 4.48. The lowest BCUT2D eigenvalue weighted by Gasteiger charge is -2.27. The van der Waals surface area contributed by atoms with Crippen LogP contribution in [0.1, 0.15) is 39.0 Å². The minimum atomic E-state index is -3.22. The van der Waals surface area contributed by atoms with Gasteiger partial charge in [-0.3, -0.25) is 4.79 Å². The van der Waals surface area contributed by atoms with Crippen LogP contribution in [0.3, 0.4) is 0 Å². The molecule has 1 aliphatic rings. The number of hydrogen-bond acceptors (Lipinski definition) is 3. The van der Waals surface area contributed by atoms with Gasteiger partial charge >= 0.3 is 5.97 Å². The molecule has 0 bridgehead atoms. The molecule has 0 aromatic heterocycles. The summed E-state index contributed by atoms with van der Waals surface area (Å²) in [6.45, 7) is 1.81. The quantitative estimate of drug-likeness (QED) is 0.760. The van der Waals surface area contributed by atoms with Gasteiger partial charge in [0.1, 0.15) is 0 Å². The van der Waals surface area contributed by atoms with Crippen LogP contribution in [0.4, 0.5) is 0 Å². The average molecular weight is 249 g/mol. The normalized spacial score (nSPS) is 26.6. The molecule has 0 aromatic rings. The number of nitrogens with one attached hydrogen (secondary N) is 1. The van der Waals surface area contributed by atoms with Gasteiger partial charge in [-0.1, -0.05) is 13.3 Å². The van der Waals surface area contributed by atoms with Crippen molar-refractivity contribution < 1.29 is 18.3 Å². The van der Waals surface area contributed by atoms with Crippen molar-refractivity contribution >= 4 is 16.0 Å². The Kier molecular flexibility index (Phi) is 4.73. The van der Waals surface area contributed by atoms with Gasteiger partial charge in [-0.15, -0.1) is 0 Å². The van der Waals surface area contributed by atoms with Crippen LogP contribution in [0.2, 0.25) is 0 Å². The van der Waals surface area contributed by atoms with Gasteiger partial charge in [0.25, 0.3) is 0 Å². The Labute approximate surface area is 96.3 Å². The van der Waals surface area contributed by atoms with E-state index in [1.807, 2.05) is 0 Å². The predicted molar refractivity (Wildman–Crippen MR) is 60.6 cm³/mol. The Hall–Kier alpha value is -0.620. The van der Waals surface area contributed by atoms with E-state index in [-0.39, 0.29) is 11.8 Å². The average Bonchev–Trinajstić information content (AvgIpc) is 2.17. The highest BCUT2D eigenvalue weighted by Crippen LogP contribution is 2.24. The number of sulfonamides is 1. The second kappa shape index (κ2) is 5.63. The summed E-state index contributed by atoms with van der Waals surface area (Å²) in [4.78, 5) is 10.8. The van der Waals surface area contributed by atoms with E-state index >= 15 is 0 Å². The van der Waals surface area contributed by atoms with E-state index in [1.165, 1.54) is 0 Å². The first-order valence-corrected chi connectivity index (χ1v) is 7.32. The Morgan fingerprint density at radius 3 is 2.69 bits per heavy atom. The van der Waals surface area contributed by atoms with Gasteiger partial charge in [0.15, 0.2) is 0 Å². The van der Waals surface area contributed by atoms with Crippen molar-refractivity contribution in [2.45, 2.75) is 45.1 Å². The maximum atomic E-state index is 11.5. The van der Waals surface area contributed by atoms with Crippen molar-refractivity contribution in [3.05, 3.63) is 0 Å². The van der Waals surface area contributed by atoms with Gasteiger partial charge in [0.2, 0.25) is 10.0 Å². The highest BCUT2D eigenvalue weighted by Gasteiger charge is 2.28. The number of aliphatic carboxylic acids is 1. The molecule has 0 radical (unpaired) electrons. The molecule has 16 heavy (non-hydrogen) atoms. The molecule has 2 N–H and O–H groups in total. The number of hydrogen-bond donors (Lipinski definition) is 2. The summed E-state index contributed by atoms with van der Waals surface area (Å²) in [5.41, 5.74) is 0. The van der Waals surface area contributed by atoms with E-state index in [2.05, 4.69) is 4.72 Å². The van der Waals surface area contributed by atoms with Crippen molar-refractivity contribution in [3.8, 4) is 0 Å². The van der Waals surface area contributed by atoms with Crippen molar-refractivity contribution in [2.24, 2.45) is 5.92 Å². The molecule has 0 aromatic carbocycles. The van der Waals surface area contributed by atoms with Gasteiger partial charge in [0.05, 0.1) is 11.7 Å². The first kappa shape index (κ1) is 13.4. The summed E-state index contributed by atoms with van der Waals surface area (Å²) < 4.78 is 25.6. The fraction of sp³-hybridized carbons (Fsp3) is 0.900. The predicted octanol–water partition coefficient (Wildman–Crippen LogP) is 0.959. The number of carboxylic acid groups (broad SMARTS) is 1. The molecule has 2 unspecified atom stereocenters. The Morgan fingerprint density at radius 1 is 1.44 bits per heavy atom. The molecule has 0 amide bonds. The Morgan fingerprint density at radius 2 is 2.12 bits per heavy atom. The largest absolute Gasteiger partial charge is 0.481 e. The van der Waals surface area contributed by atoms with E-state index in [9.17, 15) is 13.2 Å². The van der Waals surface area contributed by atoms with E-state index in [0.29, 0.717) is 19.3 Å². The van der Waals surface area contributed by atoms with E-state index < -0.39 is 21.9 Å². The summed E-state index contributed by atoms with van der Waals surface area (Å²) in [5.74, 6) is -1.11. The van der Waals surface area contributed by atoms with Crippen molar-refractivity contribution in [2.75, 3.05) is 5.75 Å². The smallest absolute Gasteiger partial charge is 0.306 e. The van der Waals surface area contributed by atoms with Gasteiger partial charge in [-0.2, -0.15) is 0 Å². The van der Waals surface area contributed by atoms with E-state index in [1.54, 1.807) is 6.92 Å². The van der Waals surface area contributed by atoms with Gasteiger partial charge in [0, 0.05) is 6.04 Å².